The van der Waals surface area contributed by atoms with Crippen LogP contribution in [-0.2, 0) is 16.0 Å². The zero-order valence-electron chi connectivity index (χ0n) is 16.1. The molecule has 0 aromatic carbocycles. The lowest BCUT2D eigenvalue weighted by Crippen LogP contribution is -2.51. The normalized spacial score (nSPS) is 24.7. The number of nitrogens with zero attached hydrogens (tertiary/aromatic N) is 2. The van der Waals surface area contributed by atoms with E-state index in [-0.39, 0.29) is 11.8 Å². The molecule has 148 valence electrons. The molecule has 0 bridgehead atoms. The number of nitrogens with one attached hydrogen (secondary N) is 1. The van der Waals surface area contributed by atoms with E-state index in [1.165, 1.54) is 4.88 Å². The molecule has 0 unspecified atom stereocenters. The maximum Gasteiger partial charge on any atom is 0.224 e. The molecule has 1 atom stereocenters. The molecule has 2 amide bonds. The largest absolute Gasteiger partial charge is 0.353 e. The Morgan fingerprint density at radius 1 is 1.11 bits per heavy atom. The van der Waals surface area contributed by atoms with Gasteiger partial charge in [0.15, 0.2) is 0 Å². The number of thiophene rings is 1. The van der Waals surface area contributed by atoms with Crippen LogP contribution < -0.4 is 5.32 Å². The van der Waals surface area contributed by atoms with Gasteiger partial charge in [0.2, 0.25) is 11.8 Å². The highest BCUT2D eigenvalue weighted by Crippen LogP contribution is 2.26. The Bertz CT molecular complexity index is 636. The summed E-state index contributed by atoms with van der Waals surface area (Å²) in [6, 6.07) is 5.14. The average Bonchev–Trinajstić information content (AvgIpc) is 3.37. The lowest BCUT2D eigenvalue weighted by atomic mass is 9.93. The van der Waals surface area contributed by atoms with Crippen LogP contribution in [0, 0.1) is 5.92 Å². The molecular formula is C21H31N3O2S. The fraction of sp³-hybridized carbons (Fsp3) is 0.714. The summed E-state index contributed by atoms with van der Waals surface area (Å²) in [6.45, 7) is 3.73. The summed E-state index contributed by atoms with van der Waals surface area (Å²) in [5, 5.41) is 5.25. The first kappa shape index (κ1) is 18.9. The van der Waals surface area contributed by atoms with Crippen molar-refractivity contribution in [3.63, 3.8) is 0 Å². The van der Waals surface area contributed by atoms with Gasteiger partial charge in [-0.05, 0) is 62.9 Å². The van der Waals surface area contributed by atoms with Crippen molar-refractivity contribution in [1.29, 1.82) is 0 Å². The minimum absolute atomic E-state index is 0.157. The molecule has 1 saturated carbocycles. The molecule has 3 aliphatic rings. The molecule has 27 heavy (non-hydrogen) atoms. The van der Waals surface area contributed by atoms with Gasteiger partial charge < -0.3 is 10.2 Å². The summed E-state index contributed by atoms with van der Waals surface area (Å²) < 4.78 is 0. The van der Waals surface area contributed by atoms with Crippen LogP contribution in [0.15, 0.2) is 17.5 Å². The Hall–Kier alpha value is -1.40. The minimum atomic E-state index is 0.157. The van der Waals surface area contributed by atoms with Crippen molar-refractivity contribution in [2.75, 3.05) is 26.2 Å². The number of aryl methyl sites for hydroxylation is 1. The molecule has 1 aliphatic carbocycles. The van der Waals surface area contributed by atoms with E-state index < -0.39 is 0 Å². The van der Waals surface area contributed by atoms with Crippen LogP contribution in [0.5, 0.6) is 0 Å². The molecule has 2 saturated heterocycles. The fourth-order valence-corrected chi connectivity index (χ4v) is 5.13. The van der Waals surface area contributed by atoms with Crippen molar-refractivity contribution < 1.29 is 9.59 Å². The second kappa shape index (κ2) is 8.74. The Morgan fingerprint density at radius 3 is 2.63 bits per heavy atom. The smallest absolute Gasteiger partial charge is 0.224 e. The number of likely N-dealkylation sites (tertiary alicyclic amines) is 2. The first-order valence-corrected chi connectivity index (χ1v) is 11.4. The van der Waals surface area contributed by atoms with E-state index in [9.17, 15) is 9.59 Å². The van der Waals surface area contributed by atoms with Crippen LogP contribution in [0.25, 0.3) is 0 Å². The average molecular weight is 390 g/mol. The molecule has 2 aliphatic heterocycles. The van der Waals surface area contributed by atoms with Gasteiger partial charge in [-0.2, -0.15) is 0 Å². The van der Waals surface area contributed by atoms with Gasteiger partial charge in [-0.3, -0.25) is 14.5 Å². The third-order valence-corrected chi connectivity index (χ3v) is 7.18. The molecule has 1 aromatic heterocycles. The summed E-state index contributed by atoms with van der Waals surface area (Å²) >= 11 is 1.73. The predicted molar refractivity (Wildman–Crippen MR) is 108 cm³/mol. The molecule has 3 heterocycles. The van der Waals surface area contributed by atoms with Gasteiger partial charge in [0.25, 0.3) is 0 Å². The van der Waals surface area contributed by atoms with Crippen LogP contribution in [0.4, 0.5) is 0 Å². The number of carbonyl (C=O) groups is 2. The Labute approximate surface area is 166 Å². The van der Waals surface area contributed by atoms with E-state index in [1.807, 2.05) is 11.0 Å². The Balaban J connectivity index is 1.21. The minimum Gasteiger partial charge on any atom is -0.353 e. The predicted octanol–water partition coefficient (Wildman–Crippen LogP) is 2.66. The molecule has 1 aromatic rings. The van der Waals surface area contributed by atoms with Gasteiger partial charge in [0, 0.05) is 43.0 Å². The molecule has 6 heteroatoms. The second-order valence-corrected chi connectivity index (χ2v) is 9.34. The van der Waals surface area contributed by atoms with Gasteiger partial charge in [0.05, 0.1) is 5.92 Å². The van der Waals surface area contributed by atoms with Crippen LogP contribution >= 0.6 is 11.3 Å². The molecule has 0 spiro atoms. The second-order valence-electron chi connectivity index (χ2n) is 8.31. The van der Waals surface area contributed by atoms with Crippen molar-refractivity contribution in [2.24, 2.45) is 5.92 Å². The number of carbonyl (C=O) groups excluding carboxylic acids is 2. The molecule has 4 rings (SSSR count). The van der Waals surface area contributed by atoms with Crippen molar-refractivity contribution >= 4 is 23.2 Å². The summed E-state index contributed by atoms with van der Waals surface area (Å²) in [6.07, 6.45) is 8.02. The van der Waals surface area contributed by atoms with E-state index in [0.29, 0.717) is 24.4 Å². The van der Waals surface area contributed by atoms with Crippen LogP contribution in [0.3, 0.4) is 0 Å². The van der Waals surface area contributed by atoms with Crippen molar-refractivity contribution in [3.8, 4) is 0 Å². The van der Waals surface area contributed by atoms with Crippen LogP contribution in [0.1, 0.15) is 49.8 Å². The molecule has 5 nitrogen and oxygen atoms in total. The first-order valence-electron chi connectivity index (χ1n) is 10.5. The summed E-state index contributed by atoms with van der Waals surface area (Å²) in [5.41, 5.74) is 0. The summed E-state index contributed by atoms with van der Waals surface area (Å²) in [4.78, 5) is 30.8. The Morgan fingerprint density at radius 2 is 1.93 bits per heavy atom. The summed E-state index contributed by atoms with van der Waals surface area (Å²) in [5.74, 6) is 0.718. The van der Waals surface area contributed by atoms with Crippen molar-refractivity contribution in [1.82, 2.24) is 15.1 Å². The molecule has 3 fully saturated rings. The van der Waals surface area contributed by atoms with Gasteiger partial charge in [-0.1, -0.05) is 6.07 Å². The topological polar surface area (TPSA) is 52.7 Å². The number of hydrogen-bond acceptors (Lipinski definition) is 4. The van der Waals surface area contributed by atoms with E-state index in [4.69, 9.17) is 0 Å². The van der Waals surface area contributed by atoms with E-state index in [0.717, 1.165) is 71.1 Å². The highest BCUT2D eigenvalue weighted by molar-refractivity contribution is 7.09. The SMILES string of the molecule is O=C(NC1CC1)[C@H]1CCCN(C2CCN(C(=O)CCc3cccs3)CC2)C1. The quantitative estimate of drug-likeness (QED) is 0.814. The maximum absolute atomic E-state index is 12.5. The maximum atomic E-state index is 12.5. The molecule has 0 radical (unpaired) electrons. The zero-order valence-corrected chi connectivity index (χ0v) is 16.9. The molecular weight excluding hydrogens is 358 g/mol. The highest BCUT2D eigenvalue weighted by atomic mass is 32.1. The van der Waals surface area contributed by atoms with Gasteiger partial charge in [-0.15, -0.1) is 11.3 Å². The highest BCUT2D eigenvalue weighted by Gasteiger charge is 2.34. The standard InChI is InChI=1S/C21H31N3O2S/c25-20(8-7-19-4-2-14-27-19)23-12-9-18(10-13-23)24-11-1-3-16(15-24)21(26)22-17-5-6-17/h2,4,14,16-18H,1,3,5-13,15H2,(H,22,26)/t16-/m0/s1. The number of hydrogen-bond donors (Lipinski definition) is 1. The molecule has 1 N–H and O–H groups in total. The van der Waals surface area contributed by atoms with Gasteiger partial charge in [-0.25, -0.2) is 0 Å². The van der Waals surface area contributed by atoms with Gasteiger partial charge >= 0.3 is 0 Å². The lowest BCUT2D eigenvalue weighted by molar-refractivity contribution is -0.132. The first-order chi connectivity index (χ1) is 13.2. The van der Waals surface area contributed by atoms with Crippen molar-refractivity contribution in [2.45, 2.75) is 63.5 Å². The van der Waals surface area contributed by atoms with Crippen LogP contribution in [0.2, 0.25) is 0 Å². The third kappa shape index (κ3) is 5.11. The zero-order chi connectivity index (χ0) is 18.6. The van der Waals surface area contributed by atoms with E-state index in [2.05, 4.69) is 21.7 Å². The Kier molecular flexibility index (Phi) is 6.13. The van der Waals surface area contributed by atoms with E-state index in [1.54, 1.807) is 11.3 Å². The summed E-state index contributed by atoms with van der Waals surface area (Å²) in [7, 11) is 0. The monoisotopic (exact) mass is 389 g/mol. The van der Waals surface area contributed by atoms with E-state index >= 15 is 0 Å². The number of rotatable bonds is 6. The fourth-order valence-electron chi connectivity index (χ4n) is 4.42. The lowest BCUT2D eigenvalue weighted by Gasteiger charge is -2.42. The number of amides is 2. The van der Waals surface area contributed by atoms with Crippen molar-refractivity contribution in [3.05, 3.63) is 22.4 Å². The van der Waals surface area contributed by atoms with Gasteiger partial charge in [0.1, 0.15) is 0 Å². The van der Waals surface area contributed by atoms with Crippen LogP contribution in [-0.4, -0.2) is 59.9 Å². The third-order valence-electron chi connectivity index (χ3n) is 6.25. The number of piperidine rings is 2.